The van der Waals surface area contributed by atoms with Gasteiger partial charge in [0, 0.05) is 32.3 Å². The van der Waals surface area contributed by atoms with Gasteiger partial charge in [0.05, 0.1) is 6.10 Å². The van der Waals surface area contributed by atoms with Crippen LogP contribution in [-0.2, 0) is 4.74 Å². The fourth-order valence-corrected chi connectivity index (χ4v) is 3.31. The Bertz CT molecular complexity index is 222. The molecule has 100 valence electrons. The smallest absolute Gasteiger partial charge is 0.0710 e. The lowest BCUT2D eigenvalue weighted by molar-refractivity contribution is 0.0922. The molecule has 2 rings (SSSR count). The Morgan fingerprint density at radius 1 is 1.29 bits per heavy atom. The lowest BCUT2D eigenvalue weighted by Crippen LogP contribution is -2.44. The van der Waals surface area contributed by atoms with Gasteiger partial charge >= 0.3 is 0 Å². The van der Waals surface area contributed by atoms with Crippen LogP contribution < -0.4 is 5.32 Å². The highest BCUT2D eigenvalue weighted by Gasteiger charge is 2.31. The molecule has 1 aliphatic carbocycles. The van der Waals surface area contributed by atoms with E-state index in [2.05, 4.69) is 17.1 Å². The van der Waals surface area contributed by atoms with Gasteiger partial charge in [-0.2, -0.15) is 0 Å². The van der Waals surface area contributed by atoms with Crippen LogP contribution in [0.15, 0.2) is 0 Å². The predicted octanol–water partition coefficient (Wildman–Crippen LogP) is 2.02. The zero-order chi connectivity index (χ0) is 12.1. The Balaban J connectivity index is 1.77. The van der Waals surface area contributed by atoms with Gasteiger partial charge in [-0.1, -0.05) is 13.3 Å². The minimum atomic E-state index is 0.485. The predicted molar refractivity (Wildman–Crippen MR) is 71.3 cm³/mol. The summed E-state index contributed by atoms with van der Waals surface area (Å²) in [4.78, 5) is 2.66. The molecule has 1 aliphatic heterocycles. The van der Waals surface area contributed by atoms with Gasteiger partial charge in [0.2, 0.25) is 0 Å². The van der Waals surface area contributed by atoms with Crippen LogP contribution in [0.5, 0.6) is 0 Å². The van der Waals surface area contributed by atoms with E-state index in [9.17, 15) is 0 Å². The number of likely N-dealkylation sites (tertiary alicyclic amines) is 1. The van der Waals surface area contributed by atoms with Gasteiger partial charge in [-0.05, 0) is 38.6 Å². The van der Waals surface area contributed by atoms with Gasteiger partial charge in [-0.25, -0.2) is 0 Å². The summed E-state index contributed by atoms with van der Waals surface area (Å²) in [7, 11) is 1.85. The third kappa shape index (κ3) is 3.67. The molecule has 3 nitrogen and oxygen atoms in total. The number of methoxy groups -OCH3 is 1. The molecule has 0 amide bonds. The van der Waals surface area contributed by atoms with Crippen molar-refractivity contribution in [1.82, 2.24) is 10.2 Å². The van der Waals surface area contributed by atoms with Gasteiger partial charge < -0.3 is 10.1 Å². The number of nitrogens with zero attached hydrogens (tertiary/aromatic N) is 1. The van der Waals surface area contributed by atoms with Crippen LogP contribution in [0.2, 0.25) is 0 Å². The maximum atomic E-state index is 5.47. The molecule has 0 radical (unpaired) electrons. The molecule has 1 heterocycles. The van der Waals surface area contributed by atoms with Crippen molar-refractivity contribution in [3.8, 4) is 0 Å². The molecular weight excluding hydrogens is 212 g/mol. The van der Waals surface area contributed by atoms with Crippen LogP contribution in [0, 0.1) is 0 Å². The van der Waals surface area contributed by atoms with Crippen molar-refractivity contribution in [2.75, 3.05) is 26.7 Å². The van der Waals surface area contributed by atoms with Crippen LogP contribution in [0.4, 0.5) is 0 Å². The summed E-state index contributed by atoms with van der Waals surface area (Å²) in [5.41, 5.74) is 0. The van der Waals surface area contributed by atoms with Crippen LogP contribution in [-0.4, -0.2) is 49.8 Å². The van der Waals surface area contributed by atoms with E-state index in [-0.39, 0.29) is 0 Å². The number of nitrogens with one attached hydrogen (secondary N) is 1. The molecule has 1 saturated heterocycles. The van der Waals surface area contributed by atoms with E-state index in [0.29, 0.717) is 6.10 Å². The van der Waals surface area contributed by atoms with E-state index in [1.807, 2.05) is 7.11 Å². The van der Waals surface area contributed by atoms with Crippen molar-refractivity contribution in [2.45, 2.75) is 63.6 Å². The third-order valence-electron chi connectivity index (χ3n) is 4.36. The number of hydrogen-bond donors (Lipinski definition) is 1. The summed E-state index contributed by atoms with van der Waals surface area (Å²) in [6.07, 6.45) is 8.45. The van der Waals surface area contributed by atoms with E-state index in [1.165, 1.54) is 51.6 Å². The van der Waals surface area contributed by atoms with Crippen LogP contribution >= 0.6 is 0 Å². The highest BCUT2D eigenvalue weighted by atomic mass is 16.5. The fraction of sp³-hybridized carbons (Fsp3) is 1.00. The molecule has 3 heteroatoms. The summed E-state index contributed by atoms with van der Waals surface area (Å²) in [5, 5.41) is 3.69. The average molecular weight is 240 g/mol. The van der Waals surface area contributed by atoms with Gasteiger partial charge in [0.25, 0.3) is 0 Å². The maximum Gasteiger partial charge on any atom is 0.0710 e. The van der Waals surface area contributed by atoms with Crippen molar-refractivity contribution in [2.24, 2.45) is 0 Å². The minimum absolute atomic E-state index is 0.485. The van der Waals surface area contributed by atoms with E-state index in [1.54, 1.807) is 0 Å². The number of rotatable bonds is 5. The topological polar surface area (TPSA) is 24.5 Å². The molecule has 0 bridgehead atoms. The quantitative estimate of drug-likeness (QED) is 0.795. The first-order valence-electron chi connectivity index (χ1n) is 7.33. The van der Waals surface area contributed by atoms with Crippen molar-refractivity contribution in [1.29, 1.82) is 0 Å². The molecule has 0 aromatic heterocycles. The van der Waals surface area contributed by atoms with Crippen LogP contribution in [0.1, 0.15) is 45.4 Å². The van der Waals surface area contributed by atoms with Crippen molar-refractivity contribution < 1.29 is 4.74 Å². The normalized spacial score (nSPS) is 35.3. The number of hydrogen-bond acceptors (Lipinski definition) is 3. The lowest BCUT2D eigenvalue weighted by atomic mass is 9.90. The molecule has 1 saturated carbocycles. The zero-order valence-electron chi connectivity index (χ0n) is 11.5. The minimum Gasteiger partial charge on any atom is -0.380 e. The second-order valence-electron chi connectivity index (χ2n) is 5.61. The Kier molecular flexibility index (Phi) is 5.26. The summed E-state index contributed by atoms with van der Waals surface area (Å²) in [6, 6.07) is 1.56. The molecule has 3 unspecified atom stereocenters. The van der Waals surface area contributed by atoms with Gasteiger partial charge in [-0.3, -0.25) is 4.90 Å². The molecule has 0 aromatic rings. The number of ether oxygens (including phenoxy) is 1. The standard InChI is InChI=1S/C14H28N2O/c1-3-8-15-12-5-4-6-13(10-12)16-9-7-14(11-16)17-2/h12-15H,3-11H2,1-2H3. The second-order valence-corrected chi connectivity index (χ2v) is 5.61. The average Bonchev–Trinajstić information content (AvgIpc) is 2.85. The highest BCUT2D eigenvalue weighted by Crippen LogP contribution is 2.26. The summed E-state index contributed by atoms with van der Waals surface area (Å²) in [6.45, 7) is 5.82. The van der Waals surface area contributed by atoms with Crippen LogP contribution in [0.25, 0.3) is 0 Å². The Morgan fingerprint density at radius 2 is 2.18 bits per heavy atom. The maximum absolute atomic E-state index is 5.47. The molecule has 2 aliphatic rings. The highest BCUT2D eigenvalue weighted by molar-refractivity contribution is 4.88. The van der Waals surface area contributed by atoms with E-state index in [4.69, 9.17) is 4.74 Å². The summed E-state index contributed by atoms with van der Waals surface area (Å²) >= 11 is 0. The molecule has 1 N–H and O–H groups in total. The largest absolute Gasteiger partial charge is 0.380 e. The summed E-state index contributed by atoms with van der Waals surface area (Å²) in [5.74, 6) is 0. The van der Waals surface area contributed by atoms with E-state index >= 15 is 0 Å². The van der Waals surface area contributed by atoms with Gasteiger partial charge in [0.1, 0.15) is 0 Å². The summed E-state index contributed by atoms with van der Waals surface area (Å²) < 4.78 is 5.47. The van der Waals surface area contributed by atoms with E-state index < -0.39 is 0 Å². The van der Waals surface area contributed by atoms with Gasteiger partial charge in [-0.15, -0.1) is 0 Å². The monoisotopic (exact) mass is 240 g/mol. The molecule has 2 fully saturated rings. The Hall–Kier alpha value is -0.120. The fourth-order valence-electron chi connectivity index (χ4n) is 3.31. The molecule has 0 spiro atoms. The first-order chi connectivity index (χ1) is 8.33. The van der Waals surface area contributed by atoms with Crippen molar-refractivity contribution in [3.05, 3.63) is 0 Å². The third-order valence-corrected chi connectivity index (χ3v) is 4.36. The van der Waals surface area contributed by atoms with Crippen molar-refractivity contribution >= 4 is 0 Å². The van der Waals surface area contributed by atoms with Crippen LogP contribution in [0.3, 0.4) is 0 Å². The lowest BCUT2D eigenvalue weighted by Gasteiger charge is -2.35. The zero-order valence-corrected chi connectivity index (χ0v) is 11.5. The Morgan fingerprint density at radius 3 is 2.88 bits per heavy atom. The van der Waals surface area contributed by atoms with Crippen molar-refractivity contribution in [3.63, 3.8) is 0 Å². The molecule has 3 atom stereocenters. The second kappa shape index (κ2) is 6.72. The first-order valence-corrected chi connectivity index (χ1v) is 7.33. The molecule has 17 heavy (non-hydrogen) atoms. The first kappa shape index (κ1) is 13.3. The molecular formula is C14H28N2O. The molecule has 0 aromatic carbocycles. The van der Waals surface area contributed by atoms with Gasteiger partial charge in [0.15, 0.2) is 0 Å². The SMILES string of the molecule is CCCNC1CCCC(N2CCC(OC)C2)C1. The van der Waals surface area contributed by atoms with E-state index in [0.717, 1.165) is 18.6 Å². The Labute approximate surface area is 106 Å².